The molecule has 1 aromatic heterocycles. The lowest BCUT2D eigenvalue weighted by Crippen LogP contribution is -2.54. The molecule has 3 aromatic rings. The number of carbonyl (C=O) groups excluding carboxylic acids is 5. The number of aromatic nitrogens is 1. The molecule has 2 aromatic carbocycles. The van der Waals surface area contributed by atoms with E-state index in [0.29, 0.717) is 53.8 Å². The Morgan fingerprint density at radius 1 is 0.897 bits per heavy atom. The number of piperazine rings is 1. The molecule has 2 N–H and O–H groups in total. The third kappa shape index (κ3) is 8.21. The first-order valence-electron chi connectivity index (χ1n) is 19.9. The summed E-state index contributed by atoms with van der Waals surface area (Å²) in [5, 5.41) is 14.4. The number of pyridine rings is 1. The van der Waals surface area contributed by atoms with Gasteiger partial charge in [-0.05, 0) is 81.2 Å². The topological polar surface area (TPSA) is 168 Å². The number of nitrogens with one attached hydrogen (secondary N) is 2. The third-order valence-corrected chi connectivity index (χ3v) is 12.4. The number of hydrogen-bond donors (Lipinski definition) is 2. The fourth-order valence-corrected chi connectivity index (χ4v) is 8.98. The Kier molecular flexibility index (Phi) is 11.3. The van der Waals surface area contributed by atoms with Crippen molar-refractivity contribution in [3.05, 3.63) is 76.2 Å². The first-order chi connectivity index (χ1) is 28.0. The number of amides is 5. The van der Waals surface area contributed by atoms with Gasteiger partial charge in [-0.25, -0.2) is 9.37 Å². The Bertz CT molecular complexity index is 2170. The van der Waals surface area contributed by atoms with Crippen molar-refractivity contribution in [3.63, 3.8) is 0 Å². The minimum absolute atomic E-state index is 0.0718. The highest BCUT2D eigenvalue weighted by molar-refractivity contribution is 6.31. The van der Waals surface area contributed by atoms with E-state index in [9.17, 15) is 24.0 Å². The number of carbonyl (C=O) groups is 5. The average Bonchev–Trinajstić information content (AvgIpc) is 3.47. The maximum atomic E-state index is 15.3. The Morgan fingerprint density at radius 3 is 2.33 bits per heavy atom. The summed E-state index contributed by atoms with van der Waals surface area (Å²) < 4.78 is 21.3. The minimum atomic E-state index is -0.991. The fourth-order valence-electron chi connectivity index (χ4n) is 8.77. The van der Waals surface area contributed by atoms with Crippen molar-refractivity contribution in [1.82, 2.24) is 20.1 Å². The van der Waals surface area contributed by atoms with E-state index in [1.54, 1.807) is 30.3 Å². The second kappa shape index (κ2) is 16.7. The highest BCUT2D eigenvalue weighted by atomic mass is 35.5. The highest BCUT2D eigenvalue weighted by Gasteiger charge is 2.45. The van der Waals surface area contributed by atoms with E-state index < -0.39 is 35.5 Å². The second-order valence-electron chi connectivity index (χ2n) is 15.8. The van der Waals surface area contributed by atoms with Crippen molar-refractivity contribution in [3.8, 4) is 11.8 Å². The second-order valence-corrected chi connectivity index (χ2v) is 16.2. The van der Waals surface area contributed by atoms with Gasteiger partial charge < -0.3 is 19.9 Å². The van der Waals surface area contributed by atoms with Crippen LogP contribution in [0.25, 0.3) is 0 Å². The number of fused-ring (bicyclic) bond motifs is 1. The van der Waals surface area contributed by atoms with Gasteiger partial charge in [0.2, 0.25) is 17.7 Å². The zero-order valence-electron chi connectivity index (χ0n) is 31.9. The van der Waals surface area contributed by atoms with Gasteiger partial charge in [-0.3, -0.25) is 39.1 Å². The maximum Gasteiger partial charge on any atom is 0.262 e. The molecule has 8 rings (SSSR count). The zero-order chi connectivity index (χ0) is 40.5. The molecule has 5 aliphatic rings. The number of anilines is 3. The van der Waals surface area contributed by atoms with E-state index in [0.717, 1.165) is 69.2 Å². The molecule has 16 heteroatoms. The largest absolute Gasteiger partial charge is 0.490 e. The summed E-state index contributed by atoms with van der Waals surface area (Å²) in [6.45, 7) is 5.65. The molecule has 302 valence electrons. The summed E-state index contributed by atoms with van der Waals surface area (Å²) in [4.78, 5) is 75.7. The van der Waals surface area contributed by atoms with Gasteiger partial charge >= 0.3 is 0 Å². The third-order valence-electron chi connectivity index (χ3n) is 12.1. The van der Waals surface area contributed by atoms with Crippen LogP contribution < -0.4 is 25.2 Å². The minimum Gasteiger partial charge on any atom is -0.490 e. The monoisotopic (exact) mass is 810 g/mol. The summed E-state index contributed by atoms with van der Waals surface area (Å²) in [7, 11) is 0. The predicted molar refractivity (Wildman–Crippen MR) is 212 cm³/mol. The summed E-state index contributed by atoms with van der Waals surface area (Å²) in [5.74, 6) is -1.43. The highest BCUT2D eigenvalue weighted by Crippen LogP contribution is 2.33. The van der Waals surface area contributed by atoms with Gasteiger partial charge in [-0.1, -0.05) is 11.6 Å². The van der Waals surface area contributed by atoms with Crippen LogP contribution in [-0.4, -0.2) is 102 Å². The van der Waals surface area contributed by atoms with Crippen LogP contribution in [0.15, 0.2) is 48.7 Å². The number of nitriles is 1. The summed E-state index contributed by atoms with van der Waals surface area (Å²) in [6, 6.07) is 12.7. The summed E-state index contributed by atoms with van der Waals surface area (Å²) in [5.41, 5.74) is 1.86. The normalized spacial score (nSPS) is 23.1. The quantitative estimate of drug-likeness (QED) is 0.286. The summed E-state index contributed by atoms with van der Waals surface area (Å²) in [6.07, 6.45) is 5.95. The van der Waals surface area contributed by atoms with Crippen LogP contribution in [0.5, 0.6) is 5.75 Å². The van der Waals surface area contributed by atoms with Crippen LogP contribution >= 0.6 is 11.6 Å². The van der Waals surface area contributed by atoms with Crippen LogP contribution in [0, 0.1) is 29.0 Å². The number of halogens is 2. The van der Waals surface area contributed by atoms with Gasteiger partial charge in [0, 0.05) is 76.0 Å². The Hall–Kier alpha value is -5.59. The molecular formula is C42H44ClFN8O6. The van der Waals surface area contributed by atoms with Crippen molar-refractivity contribution in [2.75, 3.05) is 60.9 Å². The standard InChI is InChI=1S/C42H44ClFN8O6/c43-33-20-30(7-3-27(33)22-45)58-29-5-1-26(2-6-29)39(54)47-35-23-46-37(21-34(35)44)51-13-11-25(12-14-51)24-49-15-17-50(18-16-49)28-4-8-31-32(19-28)42(57)52(41(31)56)36-9-10-38(53)48-40(36)55/h3-4,7-8,19-21,23,25-26,29,36H,1-2,5-6,9-18,24H2,(H,47,54)(H,48,53,55). The molecule has 0 spiro atoms. The molecular weight excluding hydrogens is 767 g/mol. The Balaban J connectivity index is 0.766. The number of piperidine rings is 2. The van der Waals surface area contributed by atoms with Crippen LogP contribution in [0.2, 0.25) is 5.02 Å². The Morgan fingerprint density at radius 2 is 1.64 bits per heavy atom. The first kappa shape index (κ1) is 39.2. The average molecular weight is 811 g/mol. The van der Waals surface area contributed by atoms with Gasteiger partial charge in [-0.15, -0.1) is 0 Å². The summed E-state index contributed by atoms with van der Waals surface area (Å²) >= 11 is 6.13. The van der Waals surface area contributed by atoms with Crippen molar-refractivity contribution in [2.45, 2.75) is 63.5 Å². The van der Waals surface area contributed by atoms with E-state index in [1.807, 2.05) is 12.1 Å². The molecule has 0 bridgehead atoms. The van der Waals surface area contributed by atoms with E-state index in [2.05, 4.69) is 30.3 Å². The number of benzene rings is 2. The molecule has 1 aliphatic carbocycles. The van der Waals surface area contributed by atoms with Gasteiger partial charge in [-0.2, -0.15) is 5.26 Å². The smallest absolute Gasteiger partial charge is 0.262 e. The zero-order valence-corrected chi connectivity index (χ0v) is 32.7. The molecule has 5 heterocycles. The van der Waals surface area contributed by atoms with Crippen molar-refractivity contribution in [2.24, 2.45) is 11.8 Å². The van der Waals surface area contributed by atoms with E-state index in [4.69, 9.17) is 21.6 Å². The number of hydrogen-bond acceptors (Lipinski definition) is 11. The molecule has 5 amide bonds. The van der Waals surface area contributed by atoms with Crippen LogP contribution in [0.4, 0.5) is 21.6 Å². The molecule has 3 saturated heterocycles. The number of rotatable bonds is 9. The van der Waals surface area contributed by atoms with Gasteiger partial charge in [0.05, 0.1) is 39.7 Å². The molecule has 0 radical (unpaired) electrons. The number of nitrogens with zero attached hydrogens (tertiary/aromatic N) is 6. The number of imide groups is 2. The van der Waals surface area contributed by atoms with E-state index in [-0.39, 0.29) is 47.6 Å². The SMILES string of the molecule is N#Cc1ccc(OC2CCC(C(=O)Nc3cnc(N4CCC(CN5CCN(c6ccc7c(c6)C(=O)N(C6CCC(=O)NC6=O)C7=O)CC5)CC4)cc3F)CC2)cc1Cl. The number of ether oxygens (including phenoxy) is 1. The van der Waals surface area contributed by atoms with Crippen LogP contribution in [-0.2, 0) is 14.4 Å². The van der Waals surface area contributed by atoms with Gasteiger partial charge in [0.25, 0.3) is 11.8 Å². The molecule has 4 aliphatic heterocycles. The lowest BCUT2D eigenvalue weighted by Gasteiger charge is -2.40. The maximum absolute atomic E-state index is 15.3. The van der Waals surface area contributed by atoms with E-state index >= 15 is 4.39 Å². The lowest BCUT2D eigenvalue weighted by atomic mass is 9.86. The molecule has 14 nitrogen and oxygen atoms in total. The van der Waals surface area contributed by atoms with Crippen molar-refractivity contribution >= 4 is 58.3 Å². The molecule has 1 saturated carbocycles. The van der Waals surface area contributed by atoms with E-state index in [1.165, 1.54) is 12.3 Å². The lowest BCUT2D eigenvalue weighted by molar-refractivity contribution is -0.136. The molecule has 4 fully saturated rings. The fraction of sp³-hybridized carbons (Fsp3) is 0.452. The van der Waals surface area contributed by atoms with Crippen molar-refractivity contribution < 1.29 is 33.1 Å². The van der Waals surface area contributed by atoms with Gasteiger partial charge in [0.15, 0.2) is 5.82 Å². The Labute approximate surface area is 340 Å². The van der Waals surface area contributed by atoms with Crippen LogP contribution in [0.1, 0.15) is 77.6 Å². The first-order valence-corrected chi connectivity index (χ1v) is 20.3. The molecule has 1 unspecified atom stereocenters. The van der Waals surface area contributed by atoms with Crippen LogP contribution in [0.3, 0.4) is 0 Å². The van der Waals surface area contributed by atoms with Gasteiger partial charge in [0.1, 0.15) is 23.7 Å². The molecule has 1 atom stereocenters. The molecule has 58 heavy (non-hydrogen) atoms. The van der Waals surface area contributed by atoms with Crippen molar-refractivity contribution in [1.29, 1.82) is 5.26 Å². The predicted octanol–water partition coefficient (Wildman–Crippen LogP) is 4.76.